The van der Waals surface area contributed by atoms with Gasteiger partial charge in [0.1, 0.15) is 5.75 Å². The third-order valence-electron chi connectivity index (χ3n) is 2.60. The highest BCUT2D eigenvalue weighted by molar-refractivity contribution is 6.31. The average molecular weight is 259 g/mol. The molecule has 0 fully saturated rings. The van der Waals surface area contributed by atoms with Gasteiger partial charge in [0.25, 0.3) is 0 Å². The molecule has 17 heavy (non-hydrogen) atoms. The van der Waals surface area contributed by atoms with Crippen LogP contribution in [0.2, 0.25) is 5.02 Å². The maximum atomic E-state index is 11.1. The normalized spacial score (nSPS) is 12.2. The molecule has 5 heteroatoms. The van der Waals surface area contributed by atoms with Crippen molar-refractivity contribution in [2.45, 2.75) is 19.3 Å². The van der Waals surface area contributed by atoms with Crippen molar-refractivity contribution in [1.82, 2.24) is 0 Å². The second kappa shape index (κ2) is 5.89. The van der Waals surface area contributed by atoms with Crippen molar-refractivity contribution in [3.8, 4) is 5.75 Å². The average Bonchev–Trinajstić information content (AvgIpc) is 2.29. The van der Waals surface area contributed by atoms with Crippen LogP contribution in [0.3, 0.4) is 0 Å². The molecule has 0 radical (unpaired) electrons. The lowest BCUT2D eigenvalue weighted by Gasteiger charge is -2.16. The van der Waals surface area contributed by atoms with Gasteiger partial charge in [-0.2, -0.15) is 0 Å². The number of hydrogen-bond acceptors (Lipinski definition) is 3. The Bertz CT molecular complexity index is 417. The third kappa shape index (κ3) is 3.11. The Hall–Kier alpha value is -1.26. The number of aliphatic hydroxyl groups is 1. The maximum absolute atomic E-state index is 11.1. The van der Waals surface area contributed by atoms with E-state index < -0.39 is 11.9 Å². The van der Waals surface area contributed by atoms with Crippen molar-refractivity contribution < 1.29 is 19.7 Å². The summed E-state index contributed by atoms with van der Waals surface area (Å²) in [4.78, 5) is 11.1. The number of carbonyl (C=O) groups is 1. The fraction of sp³-hybridized carbons (Fsp3) is 0.417. The van der Waals surface area contributed by atoms with Crippen LogP contribution in [0.4, 0.5) is 0 Å². The van der Waals surface area contributed by atoms with Crippen molar-refractivity contribution >= 4 is 17.6 Å². The standard InChI is InChI=1S/C12H15ClO4/c1-7-5-11(17-2)9(6-10(7)13)8(3-4-14)12(15)16/h5-6,8,14H,3-4H2,1-2H3,(H,15,16). The smallest absolute Gasteiger partial charge is 0.311 e. The minimum Gasteiger partial charge on any atom is -0.496 e. The third-order valence-corrected chi connectivity index (χ3v) is 3.01. The number of carboxylic acids is 1. The number of hydrogen-bond donors (Lipinski definition) is 2. The number of ether oxygens (including phenoxy) is 1. The molecule has 1 aromatic carbocycles. The lowest BCUT2D eigenvalue weighted by molar-refractivity contribution is -0.139. The molecule has 1 aromatic rings. The first kappa shape index (κ1) is 13.8. The van der Waals surface area contributed by atoms with Gasteiger partial charge in [-0.1, -0.05) is 11.6 Å². The summed E-state index contributed by atoms with van der Waals surface area (Å²) in [5.41, 5.74) is 1.31. The second-order valence-corrected chi connectivity index (χ2v) is 4.15. The molecule has 4 nitrogen and oxygen atoms in total. The molecule has 0 amide bonds. The van der Waals surface area contributed by atoms with Crippen LogP contribution >= 0.6 is 11.6 Å². The number of aryl methyl sites for hydroxylation is 1. The van der Waals surface area contributed by atoms with Crippen LogP contribution in [-0.4, -0.2) is 29.9 Å². The number of benzene rings is 1. The summed E-state index contributed by atoms with van der Waals surface area (Å²) >= 11 is 5.98. The minimum atomic E-state index is -1.00. The minimum absolute atomic E-state index is 0.130. The SMILES string of the molecule is COc1cc(C)c(Cl)cc1C(CCO)C(=O)O. The molecule has 0 aromatic heterocycles. The van der Waals surface area contributed by atoms with Gasteiger partial charge in [0.2, 0.25) is 0 Å². The predicted molar refractivity (Wildman–Crippen MR) is 64.8 cm³/mol. The summed E-state index contributed by atoms with van der Waals surface area (Å²) < 4.78 is 5.16. The Morgan fingerprint density at radius 3 is 2.65 bits per heavy atom. The summed E-state index contributed by atoms with van der Waals surface area (Å²) in [6, 6.07) is 3.29. The Balaban J connectivity index is 3.25. The van der Waals surface area contributed by atoms with Gasteiger partial charge in [-0.05, 0) is 31.0 Å². The molecule has 0 aliphatic heterocycles. The fourth-order valence-electron chi connectivity index (χ4n) is 1.66. The van der Waals surface area contributed by atoms with E-state index in [4.69, 9.17) is 26.6 Å². The van der Waals surface area contributed by atoms with Crippen molar-refractivity contribution in [3.63, 3.8) is 0 Å². The van der Waals surface area contributed by atoms with Gasteiger partial charge in [0, 0.05) is 17.2 Å². The molecule has 0 heterocycles. The monoisotopic (exact) mass is 258 g/mol. The van der Waals surface area contributed by atoms with Gasteiger partial charge >= 0.3 is 5.97 Å². The topological polar surface area (TPSA) is 66.8 Å². The number of aliphatic carboxylic acids is 1. The van der Waals surface area contributed by atoms with Crippen LogP contribution in [0.25, 0.3) is 0 Å². The van der Waals surface area contributed by atoms with E-state index in [0.717, 1.165) is 5.56 Å². The number of aliphatic hydroxyl groups excluding tert-OH is 1. The number of carboxylic acid groups (broad SMARTS) is 1. The zero-order chi connectivity index (χ0) is 13.0. The van der Waals surface area contributed by atoms with Crippen LogP contribution in [0.1, 0.15) is 23.5 Å². The molecule has 94 valence electrons. The Kier molecular flexibility index (Phi) is 4.78. The van der Waals surface area contributed by atoms with E-state index in [-0.39, 0.29) is 13.0 Å². The fourth-order valence-corrected chi connectivity index (χ4v) is 1.83. The highest BCUT2D eigenvalue weighted by atomic mass is 35.5. The zero-order valence-electron chi connectivity index (χ0n) is 9.74. The van der Waals surface area contributed by atoms with Gasteiger partial charge < -0.3 is 14.9 Å². The molecule has 0 saturated heterocycles. The molecule has 0 saturated carbocycles. The van der Waals surface area contributed by atoms with Crippen LogP contribution in [-0.2, 0) is 4.79 Å². The first-order valence-electron chi connectivity index (χ1n) is 5.19. The van der Waals surface area contributed by atoms with Crippen molar-refractivity contribution in [2.75, 3.05) is 13.7 Å². The Morgan fingerprint density at radius 2 is 2.18 bits per heavy atom. The summed E-state index contributed by atoms with van der Waals surface area (Å²) in [7, 11) is 1.48. The summed E-state index contributed by atoms with van der Waals surface area (Å²) in [6.45, 7) is 1.61. The van der Waals surface area contributed by atoms with E-state index in [0.29, 0.717) is 16.3 Å². The lowest BCUT2D eigenvalue weighted by Crippen LogP contribution is -2.14. The molecule has 1 unspecified atom stereocenters. The predicted octanol–water partition coefficient (Wildman–Crippen LogP) is 2.21. The summed E-state index contributed by atoms with van der Waals surface area (Å²) in [5.74, 6) is -1.34. The molecule has 0 aliphatic carbocycles. The number of halogens is 1. The van der Waals surface area contributed by atoms with Gasteiger partial charge in [0.05, 0.1) is 13.0 Å². The molecule has 0 aliphatic rings. The van der Waals surface area contributed by atoms with Gasteiger partial charge in [-0.25, -0.2) is 0 Å². The quantitative estimate of drug-likeness (QED) is 0.850. The highest BCUT2D eigenvalue weighted by Crippen LogP contribution is 2.33. The Labute approximate surface area is 105 Å². The lowest BCUT2D eigenvalue weighted by atomic mass is 9.94. The van der Waals surface area contributed by atoms with E-state index in [1.807, 2.05) is 6.92 Å². The summed E-state index contributed by atoms with van der Waals surface area (Å²) in [6.07, 6.45) is 0.130. The molecule has 2 N–H and O–H groups in total. The summed E-state index contributed by atoms with van der Waals surface area (Å²) in [5, 5.41) is 18.5. The first-order valence-corrected chi connectivity index (χ1v) is 5.56. The van der Waals surface area contributed by atoms with Crippen LogP contribution in [0.15, 0.2) is 12.1 Å². The molecule has 1 rings (SSSR count). The van der Waals surface area contributed by atoms with Gasteiger partial charge in [-0.15, -0.1) is 0 Å². The van der Waals surface area contributed by atoms with Gasteiger partial charge in [0.15, 0.2) is 0 Å². The molecule has 1 atom stereocenters. The largest absolute Gasteiger partial charge is 0.496 e. The molecule has 0 spiro atoms. The van der Waals surface area contributed by atoms with E-state index in [2.05, 4.69) is 0 Å². The van der Waals surface area contributed by atoms with Crippen LogP contribution < -0.4 is 4.74 Å². The van der Waals surface area contributed by atoms with Crippen molar-refractivity contribution in [3.05, 3.63) is 28.3 Å². The van der Waals surface area contributed by atoms with Crippen molar-refractivity contribution in [2.24, 2.45) is 0 Å². The van der Waals surface area contributed by atoms with E-state index in [1.54, 1.807) is 12.1 Å². The highest BCUT2D eigenvalue weighted by Gasteiger charge is 2.23. The number of rotatable bonds is 5. The van der Waals surface area contributed by atoms with Crippen LogP contribution in [0, 0.1) is 6.92 Å². The molecule has 0 bridgehead atoms. The van der Waals surface area contributed by atoms with E-state index in [9.17, 15) is 4.79 Å². The van der Waals surface area contributed by atoms with Crippen LogP contribution in [0.5, 0.6) is 5.75 Å². The van der Waals surface area contributed by atoms with E-state index in [1.165, 1.54) is 7.11 Å². The Morgan fingerprint density at radius 1 is 1.53 bits per heavy atom. The second-order valence-electron chi connectivity index (χ2n) is 3.75. The molecular formula is C12H15ClO4. The number of methoxy groups -OCH3 is 1. The molecular weight excluding hydrogens is 244 g/mol. The van der Waals surface area contributed by atoms with Gasteiger partial charge in [-0.3, -0.25) is 4.79 Å². The van der Waals surface area contributed by atoms with Crippen molar-refractivity contribution in [1.29, 1.82) is 0 Å². The maximum Gasteiger partial charge on any atom is 0.311 e. The zero-order valence-corrected chi connectivity index (χ0v) is 10.5. The van der Waals surface area contributed by atoms with E-state index >= 15 is 0 Å². The first-order chi connectivity index (χ1) is 8.01.